The third-order valence-electron chi connectivity index (χ3n) is 9.84. The number of hydrogen-bond acceptors (Lipinski definition) is 10. The summed E-state index contributed by atoms with van der Waals surface area (Å²) in [6.07, 6.45) is 19.5. The van der Waals surface area contributed by atoms with E-state index in [2.05, 4.69) is 41.3 Å². The maximum atomic E-state index is 13.9. The van der Waals surface area contributed by atoms with Crippen molar-refractivity contribution in [1.82, 2.24) is 40.1 Å². The third kappa shape index (κ3) is 6.38. The third-order valence-corrected chi connectivity index (χ3v) is 9.84. The van der Waals surface area contributed by atoms with Crippen LogP contribution in [0.15, 0.2) is 62.0 Å². The zero-order valence-electron chi connectivity index (χ0n) is 26.9. The number of rotatable bonds is 4. The lowest BCUT2D eigenvalue weighted by atomic mass is 9.84. The lowest BCUT2D eigenvalue weighted by Crippen LogP contribution is -2.40. The quantitative estimate of drug-likeness (QED) is 0.269. The molecule has 0 saturated carbocycles. The van der Waals surface area contributed by atoms with Crippen LogP contribution in [0.3, 0.4) is 0 Å². The van der Waals surface area contributed by atoms with Crippen LogP contribution in [-0.2, 0) is 4.74 Å². The number of carbonyl (C=O) groups is 1. The Morgan fingerprint density at radius 3 is 2.13 bits per heavy atom. The maximum Gasteiger partial charge on any atom is 0.410 e. The predicted molar refractivity (Wildman–Crippen MR) is 174 cm³/mol. The fourth-order valence-corrected chi connectivity index (χ4v) is 7.81. The van der Waals surface area contributed by atoms with Gasteiger partial charge in [-0.3, -0.25) is 0 Å². The molecule has 4 aromatic heterocycles. The number of fused-ring (bicyclic) bond motifs is 4. The van der Waals surface area contributed by atoms with Crippen LogP contribution in [0.1, 0.15) is 82.3 Å². The predicted octanol–water partition coefficient (Wildman–Crippen LogP) is 5.66. The van der Waals surface area contributed by atoms with Gasteiger partial charge in [-0.05, 0) is 82.6 Å². The number of halogens is 1. The van der Waals surface area contributed by atoms with Crippen molar-refractivity contribution >= 4 is 11.9 Å². The van der Waals surface area contributed by atoms with Crippen molar-refractivity contribution in [2.24, 2.45) is 0 Å². The minimum atomic E-state index is -0.488. The van der Waals surface area contributed by atoms with E-state index in [0.717, 1.165) is 47.9 Å². The second-order valence-corrected chi connectivity index (χ2v) is 14.0. The van der Waals surface area contributed by atoms with Gasteiger partial charge in [-0.15, -0.1) is 0 Å². The summed E-state index contributed by atoms with van der Waals surface area (Å²) >= 11 is 0. The van der Waals surface area contributed by atoms with Crippen molar-refractivity contribution in [3.63, 3.8) is 0 Å². The number of nitrogens with two attached hydrogens (primary N) is 1. The van der Waals surface area contributed by atoms with Crippen LogP contribution < -0.4 is 11.1 Å². The Hall–Kier alpha value is -4.58. The lowest BCUT2D eigenvalue weighted by Gasteiger charge is -2.28. The SMILES string of the molecule is CC(C)(C)OC(=O)N1C2CCC1C(c1cnc(N)c(-c3cncnc3)c1)C2.Fc1ncc(C2CC3CCC2N3)cc1-c1cncnc1. The van der Waals surface area contributed by atoms with Gasteiger partial charge in [0, 0.05) is 95.4 Å². The maximum absolute atomic E-state index is 13.9. The van der Waals surface area contributed by atoms with Crippen molar-refractivity contribution in [3.05, 3.63) is 79.0 Å². The molecule has 0 radical (unpaired) electrons. The minimum Gasteiger partial charge on any atom is -0.444 e. The van der Waals surface area contributed by atoms with Gasteiger partial charge in [0.1, 0.15) is 24.1 Å². The average molecular weight is 638 g/mol. The van der Waals surface area contributed by atoms with Gasteiger partial charge in [-0.1, -0.05) is 0 Å². The highest BCUT2D eigenvalue weighted by Gasteiger charge is 2.50. The average Bonchev–Trinajstić information content (AvgIpc) is 3.87. The molecule has 3 N–H and O–H groups in total. The van der Waals surface area contributed by atoms with Gasteiger partial charge in [-0.2, -0.15) is 4.39 Å². The molecule has 4 aliphatic heterocycles. The molecule has 0 aliphatic carbocycles. The Balaban J connectivity index is 0.000000156. The monoisotopic (exact) mass is 637 g/mol. The fourth-order valence-electron chi connectivity index (χ4n) is 7.81. The molecule has 8 rings (SSSR count). The molecule has 4 saturated heterocycles. The molecule has 8 heterocycles. The Morgan fingerprint density at radius 1 is 0.851 bits per heavy atom. The van der Waals surface area contributed by atoms with Gasteiger partial charge < -0.3 is 20.7 Å². The van der Waals surface area contributed by atoms with Crippen LogP contribution in [0.2, 0.25) is 0 Å². The number of nitrogen functional groups attached to an aromatic ring is 1. The number of ether oxygens (including phenoxy) is 1. The summed E-state index contributed by atoms with van der Waals surface area (Å²) in [4.78, 5) is 39.0. The van der Waals surface area contributed by atoms with Gasteiger partial charge >= 0.3 is 6.09 Å². The molecule has 0 spiro atoms. The Morgan fingerprint density at radius 2 is 1.49 bits per heavy atom. The number of aromatic nitrogens is 6. The Kier molecular flexibility index (Phi) is 8.29. The number of anilines is 1. The molecule has 6 unspecified atom stereocenters. The van der Waals surface area contributed by atoms with E-state index in [-0.39, 0.29) is 24.1 Å². The minimum absolute atomic E-state index is 0.148. The standard InChI is InChI=1S/C20H25N5O2.C15H15FN4/c1-20(2,3)27-19(26)25-14-4-5-17(25)15(7-14)12-6-16(18(21)24-10-12)13-8-22-11-23-9-13;16-15-13(10-5-17-8-18-6-10)3-9(7-19-15)12-4-11-1-2-14(12)20-11/h6,8-11,14-15,17H,4-5,7H2,1-3H3,(H2,21,24);3,5-8,11-12,14,20H,1-2,4H2. The zero-order chi connectivity index (χ0) is 32.7. The number of pyridine rings is 2. The number of carbonyl (C=O) groups excluding carboxylic acids is 1. The van der Waals surface area contributed by atoms with Crippen LogP contribution in [0, 0.1) is 5.95 Å². The van der Waals surface area contributed by atoms with Crippen LogP contribution in [0.4, 0.5) is 15.0 Å². The first-order chi connectivity index (χ1) is 22.6. The largest absolute Gasteiger partial charge is 0.444 e. The van der Waals surface area contributed by atoms with Crippen molar-refractivity contribution in [3.8, 4) is 22.3 Å². The summed E-state index contributed by atoms with van der Waals surface area (Å²) in [5, 5.41) is 3.60. The molecule has 0 aromatic carbocycles. The molecule has 1 amide bonds. The molecule has 6 atom stereocenters. The fraction of sp³-hybridized carbons (Fsp3) is 0.457. The lowest BCUT2D eigenvalue weighted by molar-refractivity contribution is 0.0213. The first-order valence-corrected chi connectivity index (χ1v) is 16.3. The first kappa shape index (κ1) is 31.0. The molecule has 244 valence electrons. The molecule has 11 nitrogen and oxygen atoms in total. The van der Waals surface area contributed by atoms with E-state index in [4.69, 9.17) is 10.5 Å². The van der Waals surface area contributed by atoms with Crippen LogP contribution in [-0.4, -0.2) is 70.7 Å². The molecular formula is C35H40FN9O2. The van der Waals surface area contributed by atoms with E-state index in [9.17, 15) is 9.18 Å². The van der Waals surface area contributed by atoms with Crippen molar-refractivity contribution in [2.45, 2.75) is 101 Å². The van der Waals surface area contributed by atoms with E-state index < -0.39 is 11.5 Å². The summed E-state index contributed by atoms with van der Waals surface area (Å²) in [5.74, 6) is 0.693. The van der Waals surface area contributed by atoms with Crippen molar-refractivity contribution in [2.75, 3.05) is 5.73 Å². The second-order valence-electron chi connectivity index (χ2n) is 14.0. The van der Waals surface area contributed by atoms with Gasteiger partial charge in [0.05, 0.1) is 0 Å². The number of nitrogens with zero attached hydrogens (tertiary/aromatic N) is 7. The summed E-state index contributed by atoms with van der Waals surface area (Å²) in [6, 6.07) is 5.50. The number of hydrogen-bond donors (Lipinski definition) is 2. The topological polar surface area (TPSA) is 145 Å². The highest BCUT2D eigenvalue weighted by molar-refractivity contribution is 5.74. The van der Waals surface area contributed by atoms with Gasteiger partial charge in [0.2, 0.25) is 5.95 Å². The van der Waals surface area contributed by atoms with Gasteiger partial charge in [0.25, 0.3) is 0 Å². The molecule has 4 aromatic rings. The van der Waals surface area contributed by atoms with Crippen LogP contribution >= 0.6 is 0 Å². The van der Waals surface area contributed by atoms with E-state index in [1.165, 1.54) is 25.5 Å². The van der Waals surface area contributed by atoms with E-state index in [1.807, 2.05) is 37.9 Å². The molecule has 47 heavy (non-hydrogen) atoms. The molecule has 12 heteroatoms. The Labute approximate surface area is 273 Å². The summed E-state index contributed by atoms with van der Waals surface area (Å²) in [6.45, 7) is 5.70. The first-order valence-electron chi connectivity index (χ1n) is 16.3. The summed E-state index contributed by atoms with van der Waals surface area (Å²) < 4.78 is 19.6. The zero-order valence-corrected chi connectivity index (χ0v) is 26.9. The molecule has 4 fully saturated rings. The number of nitrogens with one attached hydrogen (secondary N) is 1. The highest BCUT2D eigenvalue weighted by Crippen LogP contribution is 2.48. The highest BCUT2D eigenvalue weighted by atomic mass is 19.1. The van der Waals surface area contributed by atoms with Crippen molar-refractivity contribution < 1.29 is 13.9 Å². The van der Waals surface area contributed by atoms with E-state index >= 15 is 0 Å². The number of amides is 1. The Bertz CT molecular complexity index is 1740. The van der Waals surface area contributed by atoms with Crippen LogP contribution in [0.25, 0.3) is 22.3 Å². The molecule has 4 bridgehead atoms. The normalized spacial score (nSPS) is 25.8. The van der Waals surface area contributed by atoms with Gasteiger partial charge in [-0.25, -0.2) is 34.7 Å². The molecular weight excluding hydrogens is 597 g/mol. The molecule has 4 aliphatic rings. The van der Waals surface area contributed by atoms with E-state index in [1.54, 1.807) is 31.0 Å². The smallest absolute Gasteiger partial charge is 0.410 e. The summed E-state index contributed by atoms with van der Waals surface area (Å²) in [7, 11) is 0. The second kappa shape index (κ2) is 12.6. The van der Waals surface area contributed by atoms with E-state index in [0.29, 0.717) is 34.9 Å². The summed E-state index contributed by atoms with van der Waals surface area (Å²) in [5.41, 5.74) is 10.7. The van der Waals surface area contributed by atoms with Gasteiger partial charge in [0.15, 0.2) is 0 Å². The van der Waals surface area contributed by atoms with Crippen molar-refractivity contribution in [1.29, 1.82) is 0 Å². The van der Waals surface area contributed by atoms with Crippen LogP contribution in [0.5, 0.6) is 0 Å².